The van der Waals surface area contributed by atoms with Gasteiger partial charge < -0.3 is 15.3 Å². The number of anilines is 1. The summed E-state index contributed by atoms with van der Waals surface area (Å²) in [6, 6.07) is 6.85. The van der Waals surface area contributed by atoms with Crippen LogP contribution in [0.15, 0.2) is 24.3 Å². The number of rotatable bonds is 5. The molecule has 1 saturated heterocycles. The van der Waals surface area contributed by atoms with Gasteiger partial charge in [0.05, 0.1) is 5.41 Å². The fraction of sp³-hybridized carbons (Fsp3) is 0.571. The molecule has 0 spiro atoms. The van der Waals surface area contributed by atoms with Gasteiger partial charge in [0.1, 0.15) is 0 Å². The van der Waals surface area contributed by atoms with Crippen molar-refractivity contribution in [2.75, 3.05) is 18.4 Å². The Morgan fingerprint density at radius 2 is 1.52 bits per heavy atom. The number of hydrogen-bond donors (Lipinski definition) is 2. The van der Waals surface area contributed by atoms with Crippen molar-refractivity contribution in [3.05, 3.63) is 29.8 Å². The Morgan fingerprint density at radius 1 is 0.926 bits per heavy atom. The van der Waals surface area contributed by atoms with E-state index in [-0.39, 0.29) is 18.2 Å². The molecule has 0 atom stereocenters. The first-order valence-corrected chi connectivity index (χ1v) is 9.93. The van der Waals surface area contributed by atoms with Crippen LogP contribution in [-0.4, -0.2) is 40.9 Å². The van der Waals surface area contributed by atoms with Gasteiger partial charge >= 0.3 is 5.97 Å². The molecule has 1 aliphatic heterocycles. The van der Waals surface area contributed by atoms with Crippen molar-refractivity contribution in [3.8, 4) is 0 Å². The van der Waals surface area contributed by atoms with E-state index in [1.54, 1.807) is 24.3 Å². The predicted octanol–water partition coefficient (Wildman–Crippen LogP) is 3.68. The van der Waals surface area contributed by atoms with Gasteiger partial charge in [0.25, 0.3) is 5.91 Å². The highest BCUT2D eigenvalue weighted by Gasteiger charge is 2.40. The molecule has 2 N–H and O–H groups in total. The lowest BCUT2D eigenvalue weighted by atomic mass is 9.77. The first-order chi connectivity index (χ1) is 13.0. The van der Waals surface area contributed by atoms with E-state index in [0.717, 1.165) is 51.6 Å². The van der Waals surface area contributed by atoms with Gasteiger partial charge in [-0.05, 0) is 49.9 Å². The molecule has 1 heterocycles. The molecule has 0 unspecified atom stereocenters. The summed E-state index contributed by atoms with van der Waals surface area (Å²) in [6.45, 7) is 1.60. The minimum atomic E-state index is -0.952. The minimum Gasteiger partial charge on any atom is -0.481 e. The van der Waals surface area contributed by atoms with E-state index in [1.165, 1.54) is 0 Å². The van der Waals surface area contributed by atoms with Crippen molar-refractivity contribution in [2.24, 2.45) is 5.41 Å². The maximum Gasteiger partial charge on any atom is 0.310 e. The highest BCUT2D eigenvalue weighted by molar-refractivity contribution is 5.97. The SMILES string of the molecule is O=C(CC1(C(=O)O)CCCCCC1)Nc1ccc(C(=O)N2CCCC2)cc1. The van der Waals surface area contributed by atoms with Crippen LogP contribution in [0.25, 0.3) is 0 Å². The van der Waals surface area contributed by atoms with E-state index < -0.39 is 11.4 Å². The zero-order valence-corrected chi connectivity index (χ0v) is 15.7. The third-order valence-corrected chi connectivity index (χ3v) is 5.82. The molecule has 0 bridgehead atoms. The molecule has 146 valence electrons. The largest absolute Gasteiger partial charge is 0.481 e. The molecule has 1 saturated carbocycles. The normalized spacial score (nSPS) is 19.3. The van der Waals surface area contributed by atoms with E-state index in [2.05, 4.69) is 5.32 Å². The standard InChI is InChI=1S/C21H28N2O4/c24-18(15-21(20(26)27)11-3-1-2-4-12-21)22-17-9-7-16(8-10-17)19(25)23-13-5-6-14-23/h7-10H,1-6,11-15H2,(H,22,24)(H,26,27). The van der Waals surface area contributed by atoms with E-state index in [0.29, 0.717) is 24.1 Å². The maximum atomic E-state index is 12.5. The fourth-order valence-corrected chi connectivity index (χ4v) is 4.18. The zero-order chi connectivity index (χ0) is 19.3. The van der Waals surface area contributed by atoms with Crippen molar-refractivity contribution in [1.29, 1.82) is 0 Å². The Kier molecular flexibility index (Phi) is 6.14. The van der Waals surface area contributed by atoms with Gasteiger partial charge in [0.15, 0.2) is 0 Å². The average Bonchev–Trinajstić information content (AvgIpc) is 3.08. The maximum absolute atomic E-state index is 12.5. The zero-order valence-electron chi connectivity index (χ0n) is 15.7. The van der Waals surface area contributed by atoms with Crippen LogP contribution >= 0.6 is 0 Å². The molecule has 0 radical (unpaired) electrons. The highest BCUT2D eigenvalue weighted by Crippen LogP contribution is 2.38. The minimum absolute atomic E-state index is 0.00318. The molecule has 1 aromatic carbocycles. The monoisotopic (exact) mass is 372 g/mol. The predicted molar refractivity (Wildman–Crippen MR) is 103 cm³/mol. The van der Waals surface area contributed by atoms with Crippen LogP contribution in [0, 0.1) is 5.41 Å². The van der Waals surface area contributed by atoms with E-state index in [9.17, 15) is 19.5 Å². The van der Waals surface area contributed by atoms with Crippen LogP contribution in [0.2, 0.25) is 0 Å². The molecule has 6 heteroatoms. The number of carbonyl (C=O) groups is 3. The van der Waals surface area contributed by atoms with Crippen LogP contribution in [0.3, 0.4) is 0 Å². The number of aliphatic carboxylic acids is 1. The number of hydrogen-bond acceptors (Lipinski definition) is 3. The van der Waals surface area contributed by atoms with Crippen molar-refractivity contribution in [1.82, 2.24) is 4.90 Å². The number of benzene rings is 1. The lowest BCUT2D eigenvalue weighted by molar-refractivity contribution is -0.152. The average molecular weight is 372 g/mol. The molecule has 27 heavy (non-hydrogen) atoms. The second-order valence-corrected chi connectivity index (χ2v) is 7.80. The smallest absolute Gasteiger partial charge is 0.310 e. The number of carboxylic acid groups (broad SMARTS) is 1. The third kappa shape index (κ3) is 4.67. The van der Waals surface area contributed by atoms with Crippen LogP contribution in [-0.2, 0) is 9.59 Å². The van der Waals surface area contributed by atoms with E-state index >= 15 is 0 Å². The second-order valence-electron chi connectivity index (χ2n) is 7.80. The summed E-state index contributed by atoms with van der Waals surface area (Å²) in [5.74, 6) is -1.13. The Hall–Kier alpha value is -2.37. The van der Waals surface area contributed by atoms with Gasteiger partial charge in [-0.25, -0.2) is 0 Å². The topological polar surface area (TPSA) is 86.7 Å². The van der Waals surface area contributed by atoms with E-state index in [4.69, 9.17) is 0 Å². The molecule has 1 aliphatic carbocycles. The quantitative estimate of drug-likeness (QED) is 0.772. The lowest BCUT2D eigenvalue weighted by Crippen LogP contribution is -2.35. The van der Waals surface area contributed by atoms with Crippen LogP contribution in [0.5, 0.6) is 0 Å². The van der Waals surface area contributed by atoms with Crippen molar-refractivity contribution in [2.45, 2.75) is 57.8 Å². The number of carboxylic acids is 1. The van der Waals surface area contributed by atoms with E-state index in [1.807, 2.05) is 4.90 Å². The number of nitrogens with one attached hydrogen (secondary N) is 1. The Labute approximate surface area is 159 Å². The summed E-state index contributed by atoms with van der Waals surface area (Å²) in [4.78, 5) is 38.5. The number of likely N-dealkylation sites (tertiary alicyclic amines) is 1. The Balaban J connectivity index is 1.61. The molecular formula is C21H28N2O4. The highest BCUT2D eigenvalue weighted by atomic mass is 16.4. The summed E-state index contributed by atoms with van der Waals surface area (Å²) in [6.07, 6.45) is 6.97. The van der Waals surface area contributed by atoms with Gasteiger partial charge in [-0.1, -0.05) is 25.7 Å². The third-order valence-electron chi connectivity index (χ3n) is 5.82. The second kappa shape index (κ2) is 8.55. The first kappa shape index (κ1) is 19.4. The summed E-state index contributed by atoms with van der Waals surface area (Å²) < 4.78 is 0. The van der Waals surface area contributed by atoms with Crippen LogP contribution < -0.4 is 5.32 Å². The van der Waals surface area contributed by atoms with Crippen molar-refractivity contribution >= 4 is 23.5 Å². The molecule has 1 aromatic rings. The molecule has 2 aliphatic rings. The number of carbonyl (C=O) groups excluding carboxylic acids is 2. The molecule has 3 rings (SSSR count). The van der Waals surface area contributed by atoms with Crippen LogP contribution in [0.4, 0.5) is 5.69 Å². The summed E-state index contributed by atoms with van der Waals surface area (Å²) in [7, 11) is 0. The molecule has 2 fully saturated rings. The van der Waals surface area contributed by atoms with Crippen molar-refractivity contribution < 1.29 is 19.5 Å². The molecule has 6 nitrogen and oxygen atoms in total. The van der Waals surface area contributed by atoms with Gasteiger partial charge in [0.2, 0.25) is 5.91 Å². The van der Waals surface area contributed by atoms with Crippen LogP contribution in [0.1, 0.15) is 68.1 Å². The fourth-order valence-electron chi connectivity index (χ4n) is 4.18. The molecular weight excluding hydrogens is 344 g/mol. The first-order valence-electron chi connectivity index (χ1n) is 9.93. The number of amides is 2. The summed E-state index contributed by atoms with van der Waals surface area (Å²) in [5, 5.41) is 12.5. The van der Waals surface area contributed by atoms with Gasteiger partial charge in [0, 0.05) is 30.8 Å². The van der Waals surface area contributed by atoms with Crippen molar-refractivity contribution in [3.63, 3.8) is 0 Å². The summed E-state index contributed by atoms with van der Waals surface area (Å²) >= 11 is 0. The Bertz CT molecular complexity index is 685. The number of nitrogens with zero attached hydrogens (tertiary/aromatic N) is 1. The molecule has 2 amide bonds. The van der Waals surface area contributed by atoms with Gasteiger partial charge in [-0.3, -0.25) is 14.4 Å². The summed E-state index contributed by atoms with van der Waals surface area (Å²) in [5.41, 5.74) is 0.250. The van der Waals surface area contributed by atoms with Gasteiger partial charge in [-0.15, -0.1) is 0 Å². The van der Waals surface area contributed by atoms with Gasteiger partial charge in [-0.2, -0.15) is 0 Å². The lowest BCUT2D eigenvalue weighted by Gasteiger charge is -2.27. The molecule has 0 aromatic heterocycles. The Morgan fingerprint density at radius 3 is 2.07 bits per heavy atom.